The molecule has 202 valence electrons. The van der Waals surface area contributed by atoms with Crippen LogP contribution in [-0.2, 0) is 19.1 Å². The second-order valence-electron chi connectivity index (χ2n) is 8.73. The number of urea groups is 1. The minimum absolute atomic E-state index is 0.00192. The lowest BCUT2D eigenvalue weighted by Gasteiger charge is -2.20. The monoisotopic (exact) mass is 549 g/mol. The highest BCUT2D eigenvalue weighted by Crippen LogP contribution is 2.27. The van der Waals surface area contributed by atoms with Crippen LogP contribution in [0, 0.1) is 5.41 Å². The molecule has 12 nitrogen and oxygen atoms in total. The van der Waals surface area contributed by atoms with Crippen LogP contribution in [0.3, 0.4) is 0 Å². The predicted octanol–water partition coefficient (Wildman–Crippen LogP) is 0.927. The number of amidine groups is 1. The molecule has 2 heterocycles. The maximum atomic E-state index is 12.9. The molecule has 2 unspecified atom stereocenters. The number of amides is 4. The second kappa shape index (κ2) is 11.8. The van der Waals surface area contributed by atoms with Gasteiger partial charge in [-0.2, -0.15) is 0 Å². The zero-order valence-electron chi connectivity index (χ0n) is 21.0. The van der Waals surface area contributed by atoms with Crippen molar-refractivity contribution in [1.29, 1.82) is 5.41 Å². The average Bonchev–Trinajstić information content (AvgIpc) is 3.46. The fourth-order valence-corrected chi connectivity index (χ4v) is 4.48. The Morgan fingerprint density at radius 3 is 2.59 bits per heavy atom. The Morgan fingerprint density at radius 2 is 1.92 bits per heavy atom. The van der Waals surface area contributed by atoms with Crippen LogP contribution in [0.5, 0.6) is 0 Å². The number of esters is 1. The number of nitrogens with one attached hydrogen (secondary N) is 4. The van der Waals surface area contributed by atoms with Gasteiger partial charge in [0.15, 0.2) is 0 Å². The lowest BCUT2D eigenvalue weighted by atomic mass is 10.1. The summed E-state index contributed by atoms with van der Waals surface area (Å²) in [5.74, 6) is -1.80. The molecule has 0 aromatic heterocycles. The van der Waals surface area contributed by atoms with Gasteiger partial charge in [0.05, 0.1) is 23.7 Å². The summed E-state index contributed by atoms with van der Waals surface area (Å²) in [5.41, 5.74) is 7.83. The number of nitrogens with two attached hydrogens (primary N) is 1. The number of hydrogen-bond donors (Lipinski definition) is 5. The normalized spacial score (nSPS) is 16.7. The molecule has 4 rings (SSSR count). The first-order chi connectivity index (χ1) is 18.7. The number of anilines is 1. The third-order valence-electron chi connectivity index (χ3n) is 6.16. The summed E-state index contributed by atoms with van der Waals surface area (Å²) >= 11 is 5.36. The molecule has 13 heteroatoms. The Balaban J connectivity index is 1.34. The van der Waals surface area contributed by atoms with E-state index < -0.39 is 30.0 Å². The lowest BCUT2D eigenvalue weighted by molar-refractivity contribution is -0.146. The van der Waals surface area contributed by atoms with Crippen LogP contribution < -0.4 is 26.6 Å². The summed E-state index contributed by atoms with van der Waals surface area (Å²) in [6.07, 6.45) is 0.372. The van der Waals surface area contributed by atoms with Gasteiger partial charge >= 0.3 is 12.0 Å². The van der Waals surface area contributed by atoms with Gasteiger partial charge in [0.2, 0.25) is 5.91 Å². The summed E-state index contributed by atoms with van der Waals surface area (Å²) < 4.78 is 5.05. The molecule has 2 aromatic rings. The third-order valence-corrected chi connectivity index (χ3v) is 6.57. The van der Waals surface area contributed by atoms with Crippen molar-refractivity contribution in [1.82, 2.24) is 16.0 Å². The minimum atomic E-state index is -1.21. The van der Waals surface area contributed by atoms with Gasteiger partial charge in [0.1, 0.15) is 23.6 Å². The van der Waals surface area contributed by atoms with Crippen LogP contribution >= 0.6 is 12.2 Å². The molecule has 4 amide bonds. The Morgan fingerprint density at radius 1 is 1.21 bits per heavy atom. The van der Waals surface area contributed by atoms with E-state index in [0.717, 1.165) is 0 Å². The Labute approximate surface area is 229 Å². The van der Waals surface area contributed by atoms with Gasteiger partial charge in [-0.05, 0) is 43.7 Å². The molecule has 0 radical (unpaired) electrons. The molecule has 0 bridgehead atoms. The fourth-order valence-electron chi connectivity index (χ4n) is 4.17. The maximum Gasteiger partial charge on any atom is 0.330 e. The average molecular weight is 550 g/mol. The van der Waals surface area contributed by atoms with Crippen LogP contribution in [0.2, 0.25) is 0 Å². The molecule has 6 N–H and O–H groups in total. The molecular weight excluding hydrogens is 522 g/mol. The number of ether oxygens (including phenoxy) is 1. The number of carbonyl (C=O) groups excluding carboxylic acids is 4. The molecule has 0 aliphatic carbocycles. The van der Waals surface area contributed by atoms with E-state index >= 15 is 0 Å². The Kier molecular flexibility index (Phi) is 8.30. The van der Waals surface area contributed by atoms with Gasteiger partial charge in [-0.1, -0.05) is 30.4 Å². The molecule has 1 fully saturated rings. The van der Waals surface area contributed by atoms with E-state index in [9.17, 15) is 19.2 Å². The van der Waals surface area contributed by atoms with Crippen molar-refractivity contribution in [3.05, 3.63) is 59.7 Å². The van der Waals surface area contributed by atoms with E-state index in [0.29, 0.717) is 35.5 Å². The number of carbonyl (C=O) groups is 4. The quantitative estimate of drug-likeness (QED) is 0.134. The van der Waals surface area contributed by atoms with Gasteiger partial charge in [-0.3, -0.25) is 15.0 Å². The van der Waals surface area contributed by atoms with E-state index in [-0.39, 0.29) is 35.5 Å². The molecular formula is C26H27N7O5S. The van der Waals surface area contributed by atoms with Crippen LogP contribution in [0.4, 0.5) is 16.2 Å². The van der Waals surface area contributed by atoms with Crippen molar-refractivity contribution in [2.24, 2.45) is 10.7 Å². The highest BCUT2D eigenvalue weighted by molar-refractivity contribution is 7.83. The number of hydrogen-bond acceptors (Lipinski definition) is 8. The predicted molar refractivity (Wildman–Crippen MR) is 149 cm³/mol. The van der Waals surface area contributed by atoms with E-state index in [4.69, 9.17) is 28.1 Å². The zero-order valence-corrected chi connectivity index (χ0v) is 21.8. The van der Waals surface area contributed by atoms with E-state index in [2.05, 4.69) is 20.9 Å². The maximum absolute atomic E-state index is 12.9. The zero-order chi connectivity index (χ0) is 28.1. The van der Waals surface area contributed by atoms with Crippen molar-refractivity contribution in [2.75, 3.05) is 24.6 Å². The number of thiocarbonyl (C=S) groups is 1. The molecule has 39 heavy (non-hydrogen) atoms. The van der Waals surface area contributed by atoms with Crippen molar-refractivity contribution in [2.45, 2.75) is 25.4 Å². The molecule has 0 saturated carbocycles. The summed E-state index contributed by atoms with van der Waals surface area (Å²) in [4.78, 5) is 56.9. The minimum Gasteiger partial charge on any atom is -0.464 e. The second-order valence-corrected chi connectivity index (χ2v) is 9.14. The van der Waals surface area contributed by atoms with Gasteiger partial charge in [-0.15, -0.1) is 0 Å². The number of para-hydroxylation sites is 1. The van der Waals surface area contributed by atoms with Crippen molar-refractivity contribution in [3.8, 4) is 0 Å². The summed E-state index contributed by atoms with van der Waals surface area (Å²) in [6.45, 7) is 1.78. The third kappa shape index (κ3) is 6.09. The van der Waals surface area contributed by atoms with Crippen molar-refractivity contribution >= 4 is 63.8 Å². The number of rotatable bonds is 9. The Bertz CT molecular complexity index is 1380. The molecule has 1 saturated heterocycles. The molecule has 2 aliphatic rings. The molecule has 0 spiro atoms. The smallest absolute Gasteiger partial charge is 0.330 e. The van der Waals surface area contributed by atoms with Gasteiger partial charge in [0, 0.05) is 23.4 Å². The number of fused-ring (bicyclic) bond motifs is 1. The van der Waals surface area contributed by atoms with Crippen LogP contribution in [0.25, 0.3) is 0 Å². The number of benzene rings is 2. The fraction of sp³-hybridized carbons (Fsp3) is 0.269. The Hall–Kier alpha value is -4.65. The first-order valence-electron chi connectivity index (χ1n) is 12.2. The highest BCUT2D eigenvalue weighted by Gasteiger charge is 2.34. The number of nitrogens with zero attached hydrogens (tertiary/aromatic N) is 2. The van der Waals surface area contributed by atoms with Crippen molar-refractivity contribution in [3.63, 3.8) is 0 Å². The van der Waals surface area contributed by atoms with E-state index in [1.807, 2.05) is 0 Å². The largest absolute Gasteiger partial charge is 0.464 e. The van der Waals surface area contributed by atoms with Crippen LogP contribution in [-0.4, -0.2) is 72.0 Å². The van der Waals surface area contributed by atoms with Gasteiger partial charge < -0.3 is 31.3 Å². The van der Waals surface area contributed by atoms with Gasteiger partial charge in [0.25, 0.3) is 5.91 Å². The highest BCUT2D eigenvalue weighted by atomic mass is 32.1. The van der Waals surface area contributed by atoms with Crippen LogP contribution in [0.15, 0.2) is 53.5 Å². The van der Waals surface area contributed by atoms with E-state index in [1.54, 1.807) is 55.5 Å². The first kappa shape index (κ1) is 27.4. The van der Waals surface area contributed by atoms with Gasteiger partial charge in [-0.25, -0.2) is 14.6 Å². The topological polar surface area (TPSA) is 179 Å². The first-order valence-corrected chi connectivity index (χ1v) is 12.6. The lowest BCUT2D eigenvalue weighted by Crippen LogP contribution is -2.54. The summed E-state index contributed by atoms with van der Waals surface area (Å²) in [6, 6.07) is 11.0. The SMILES string of the molecule is CCOC(=O)C(CNC(=O)NC1CCN(c2ccc(C(=N)N)cc2)C1=O)NC(=O)C1=Nc2ccccc2C1=S. The molecule has 2 aliphatic heterocycles. The number of aliphatic imine (C=N–C) groups is 1. The van der Waals surface area contributed by atoms with Crippen molar-refractivity contribution < 1.29 is 23.9 Å². The standard InChI is InChI=1S/C26H27N7O5S/c1-2-38-25(36)19(31-23(34)20-21(39)16-5-3-4-6-17(16)30-20)13-29-26(37)32-18-11-12-33(24(18)35)15-9-7-14(8-10-15)22(27)28/h3-10,18-19H,2,11-13H2,1H3,(H3,27,28)(H,31,34)(H2,29,32,37). The molecule has 2 atom stereocenters. The van der Waals surface area contributed by atoms with Crippen LogP contribution in [0.1, 0.15) is 24.5 Å². The van der Waals surface area contributed by atoms with E-state index in [1.165, 1.54) is 4.90 Å². The summed E-state index contributed by atoms with van der Waals surface area (Å²) in [7, 11) is 0. The summed E-state index contributed by atoms with van der Waals surface area (Å²) in [5, 5.41) is 15.1. The number of nitrogen functional groups attached to an aromatic ring is 1. The molecule has 2 aromatic carbocycles.